The first-order chi connectivity index (χ1) is 37.9. The molecule has 17 aliphatic carbocycles. The molecule has 16 saturated carbocycles. The fourth-order valence-electron chi connectivity index (χ4n) is 29.6. The highest BCUT2D eigenvalue weighted by atomic mass is 16.6. The quantitative estimate of drug-likeness (QED) is 0.118. The molecule has 0 amide bonds. The molecule has 8 atom stereocenters. The number of rotatable bonds is 8. The minimum atomic E-state index is -1.30. The zero-order chi connectivity index (χ0) is 56.1. The van der Waals surface area contributed by atoms with Crippen molar-refractivity contribution in [3.63, 3.8) is 0 Å². The summed E-state index contributed by atoms with van der Waals surface area (Å²) in [6.45, 7) is 20.9. The van der Waals surface area contributed by atoms with Gasteiger partial charge in [0.15, 0.2) is 11.5 Å². The van der Waals surface area contributed by atoms with E-state index in [-0.39, 0.29) is 87.9 Å². The van der Waals surface area contributed by atoms with E-state index in [1.807, 2.05) is 12.1 Å². The van der Waals surface area contributed by atoms with Gasteiger partial charge < -0.3 is 10.2 Å². The summed E-state index contributed by atoms with van der Waals surface area (Å²) in [6.07, 6.45) is 29.1. The Balaban J connectivity index is 1.07. The standard InChI is InChI=1S/C73H88N2O6/c1-61-19-43-20-62(2,31-61)36-69(27-43,35-61)49-13-51(71-29-45-23-65(5,39-71)33-66(6,24-45)40-71)59-53(15-49)73(47-9-11-57(76)55(17-47)74(78)79,48-10-12-58(77)56(18-48)75(80)81)54-16-50(70-28-44-21-63(3,37-70)32-64(4,22-44)38-70)14-52(60(54)59)72-30-46-25-67(7,41-72)34-68(8,26-46)42-72/h9-18,43-46,76-77H,19-42H2,1-8H3. The average Bonchev–Trinajstić information content (AvgIpc) is 3.55. The van der Waals surface area contributed by atoms with Crippen molar-refractivity contribution in [3.05, 3.63) is 125 Å². The van der Waals surface area contributed by atoms with Crippen LogP contribution in [0.25, 0.3) is 11.1 Å². The van der Waals surface area contributed by atoms with Crippen LogP contribution in [0.3, 0.4) is 0 Å². The van der Waals surface area contributed by atoms with E-state index in [0.29, 0.717) is 34.8 Å². The number of hydrogen-bond donors (Lipinski definition) is 2. The summed E-state index contributed by atoms with van der Waals surface area (Å²) in [7, 11) is 0. The van der Waals surface area contributed by atoms with Gasteiger partial charge in [0.1, 0.15) is 0 Å². The van der Waals surface area contributed by atoms with Gasteiger partial charge in [-0.2, -0.15) is 0 Å². The number of hydrogen-bond acceptors (Lipinski definition) is 6. The maximum absolute atomic E-state index is 13.5. The Hall–Kier alpha value is -4.72. The van der Waals surface area contributed by atoms with Crippen LogP contribution in [0.5, 0.6) is 11.5 Å². The third-order valence-electron chi connectivity index (χ3n) is 27.4. The summed E-state index contributed by atoms with van der Waals surface area (Å²) in [6, 6.07) is 21.2. The number of aromatic hydroxyl groups is 2. The summed E-state index contributed by atoms with van der Waals surface area (Å²) in [5.74, 6) is 1.78. The summed E-state index contributed by atoms with van der Waals surface area (Å²) in [5.41, 5.74) is 11.5. The van der Waals surface area contributed by atoms with E-state index >= 15 is 0 Å². The van der Waals surface area contributed by atoms with Crippen molar-refractivity contribution >= 4 is 11.4 Å². The molecule has 4 aromatic carbocycles. The molecular weight excluding hydrogens is 1000 g/mol. The largest absolute Gasteiger partial charge is 0.502 e. The van der Waals surface area contributed by atoms with E-state index in [4.69, 9.17) is 0 Å². The monoisotopic (exact) mass is 1090 g/mol. The molecule has 0 aliphatic heterocycles. The molecule has 17 aliphatic rings. The molecule has 81 heavy (non-hydrogen) atoms. The minimum absolute atomic E-state index is 0.0770. The van der Waals surface area contributed by atoms with Gasteiger partial charge in [-0.1, -0.05) is 91.8 Å². The second kappa shape index (κ2) is 14.8. The Morgan fingerprint density at radius 2 is 0.605 bits per heavy atom. The molecular formula is C73H88N2O6. The van der Waals surface area contributed by atoms with Crippen LogP contribution in [0.1, 0.15) is 254 Å². The van der Waals surface area contributed by atoms with E-state index in [9.17, 15) is 30.4 Å². The van der Waals surface area contributed by atoms with Crippen molar-refractivity contribution < 1.29 is 20.1 Å². The second-order valence-corrected chi connectivity index (χ2v) is 36.2. The first-order valence-electron chi connectivity index (χ1n) is 32.3. The van der Waals surface area contributed by atoms with E-state index < -0.39 is 15.3 Å². The molecule has 21 rings (SSSR count). The first kappa shape index (κ1) is 50.8. The van der Waals surface area contributed by atoms with Crippen LogP contribution in [0.2, 0.25) is 0 Å². The number of nitrogens with zero attached hydrogens (tertiary/aromatic N) is 2. The molecule has 8 unspecified atom stereocenters. The van der Waals surface area contributed by atoms with Crippen molar-refractivity contribution in [1.29, 1.82) is 0 Å². The van der Waals surface area contributed by atoms with Crippen LogP contribution >= 0.6 is 0 Å². The average molecular weight is 1090 g/mol. The third-order valence-corrected chi connectivity index (χ3v) is 27.4. The SMILES string of the molecule is CC12CC3CC(C)(C1)CC(c1cc(C45CC6CC(C)(CC(C)(C6)C4)C5)c4c(c1)C(c1ccc(O)c([N+](=O)[O-])c1)(c1ccc(O)c([N+](=O)[O-])c1)c1cc(C56CC7CC(C)(CC(C)(C7)C5)C6)cc(C56CC7CC(C)(CC(C)(C7)C5)C6)c1-4)(C3)C2. The molecule has 8 heteroatoms. The second-order valence-electron chi connectivity index (χ2n) is 36.2. The van der Waals surface area contributed by atoms with E-state index in [2.05, 4.69) is 79.7 Å². The van der Waals surface area contributed by atoms with Gasteiger partial charge in [0.05, 0.1) is 15.3 Å². The lowest BCUT2D eigenvalue weighted by Crippen LogP contribution is -2.58. The molecule has 0 radical (unpaired) electrons. The fourth-order valence-corrected chi connectivity index (χ4v) is 29.6. The molecule has 0 heterocycles. The number of phenolic OH excluding ortho intramolecular Hbond substituents is 2. The Kier molecular flexibility index (Phi) is 9.30. The van der Waals surface area contributed by atoms with Gasteiger partial charge in [-0.05, 0) is 311 Å². The van der Waals surface area contributed by atoms with Crippen molar-refractivity contribution in [2.24, 2.45) is 67.0 Å². The smallest absolute Gasteiger partial charge is 0.311 e. The summed E-state index contributed by atoms with van der Waals surface area (Å²) >= 11 is 0. The van der Waals surface area contributed by atoms with Crippen LogP contribution in [-0.2, 0) is 27.1 Å². The lowest BCUT2D eigenvalue weighted by atomic mass is 9.37. The van der Waals surface area contributed by atoms with Crippen molar-refractivity contribution in [3.8, 4) is 22.6 Å². The topological polar surface area (TPSA) is 127 Å². The van der Waals surface area contributed by atoms with E-state index in [1.165, 1.54) is 110 Å². The normalized spacial score (nSPS) is 47.1. The van der Waals surface area contributed by atoms with Gasteiger partial charge >= 0.3 is 11.4 Å². The third kappa shape index (κ3) is 6.72. The van der Waals surface area contributed by atoms with Crippen LogP contribution in [0.4, 0.5) is 11.4 Å². The molecule has 16 fully saturated rings. The molecule has 4 aromatic rings. The molecule has 0 spiro atoms. The Morgan fingerprint density at radius 3 is 0.877 bits per heavy atom. The van der Waals surface area contributed by atoms with E-state index in [0.717, 1.165) is 88.2 Å². The predicted molar refractivity (Wildman–Crippen MR) is 317 cm³/mol. The maximum Gasteiger partial charge on any atom is 0.311 e. The zero-order valence-corrected chi connectivity index (χ0v) is 50.0. The van der Waals surface area contributed by atoms with Gasteiger partial charge in [0.25, 0.3) is 0 Å². The summed E-state index contributed by atoms with van der Waals surface area (Å²) < 4.78 is 0. The van der Waals surface area contributed by atoms with Crippen molar-refractivity contribution in [2.75, 3.05) is 0 Å². The number of phenols is 2. The van der Waals surface area contributed by atoms with Crippen LogP contribution in [0.15, 0.2) is 60.7 Å². The number of fused-ring (bicyclic) bond motifs is 3. The molecule has 426 valence electrons. The maximum atomic E-state index is 13.5. The Morgan fingerprint density at radius 1 is 0.346 bits per heavy atom. The molecule has 8 nitrogen and oxygen atoms in total. The van der Waals surface area contributed by atoms with E-state index in [1.54, 1.807) is 24.3 Å². The molecule has 0 aromatic heterocycles. The number of nitro benzene ring substituents is 2. The lowest BCUT2D eigenvalue weighted by molar-refractivity contribution is -0.386. The molecule has 0 saturated heterocycles. The van der Waals surface area contributed by atoms with Gasteiger partial charge in [-0.3, -0.25) is 20.2 Å². The number of benzene rings is 4. The van der Waals surface area contributed by atoms with Gasteiger partial charge in [0, 0.05) is 12.1 Å². The van der Waals surface area contributed by atoms with Gasteiger partial charge in [0.2, 0.25) is 0 Å². The first-order valence-corrected chi connectivity index (χ1v) is 32.3. The van der Waals surface area contributed by atoms with Crippen molar-refractivity contribution in [2.45, 2.75) is 237 Å². The predicted octanol–water partition coefficient (Wildman–Crippen LogP) is 18.3. The fraction of sp³-hybridized carbons (Fsp3) is 0.671. The van der Waals surface area contributed by atoms with Crippen LogP contribution < -0.4 is 0 Å². The summed E-state index contributed by atoms with van der Waals surface area (Å²) in [5, 5.41) is 50.3. The summed E-state index contributed by atoms with van der Waals surface area (Å²) in [4.78, 5) is 26.2. The highest BCUT2D eigenvalue weighted by molar-refractivity contribution is 5.93. The Bertz CT molecular complexity index is 3270. The highest BCUT2D eigenvalue weighted by Gasteiger charge is 2.68. The highest BCUT2D eigenvalue weighted by Crippen LogP contribution is 2.78. The lowest BCUT2D eigenvalue weighted by Gasteiger charge is -2.67. The molecule has 16 bridgehead atoms. The minimum Gasteiger partial charge on any atom is -0.502 e. The van der Waals surface area contributed by atoms with Gasteiger partial charge in [-0.15, -0.1) is 0 Å². The van der Waals surface area contributed by atoms with Crippen molar-refractivity contribution in [1.82, 2.24) is 0 Å². The molecule has 2 N–H and O–H groups in total. The van der Waals surface area contributed by atoms with Crippen LogP contribution in [0, 0.1) is 87.2 Å². The Labute approximate surface area is 480 Å². The number of nitro groups is 2. The van der Waals surface area contributed by atoms with Crippen LogP contribution in [-0.4, -0.2) is 20.1 Å². The zero-order valence-electron chi connectivity index (χ0n) is 50.0. The van der Waals surface area contributed by atoms with Gasteiger partial charge in [-0.25, -0.2) is 0 Å².